The number of Topliss-reactive ketones (excluding diaryl/α,β-unsaturated/α-hetero) is 1. The number of thioether (sulfide) groups is 1. The largest absolute Gasteiger partial charge is 0.292 e. The summed E-state index contributed by atoms with van der Waals surface area (Å²) in [4.78, 5) is 30.2. The minimum absolute atomic E-state index is 0.0367. The van der Waals surface area contributed by atoms with Crippen molar-refractivity contribution >= 4 is 63.0 Å². The lowest BCUT2D eigenvalue weighted by Crippen LogP contribution is -2.23. The van der Waals surface area contributed by atoms with E-state index in [0.717, 1.165) is 6.42 Å². The van der Waals surface area contributed by atoms with E-state index >= 15 is 0 Å². The first kappa shape index (κ1) is 18.5. The van der Waals surface area contributed by atoms with Crippen molar-refractivity contribution < 1.29 is 4.79 Å². The van der Waals surface area contributed by atoms with Gasteiger partial charge in [-0.3, -0.25) is 14.2 Å². The average Bonchev–Trinajstić information content (AvgIpc) is 3.02. The quantitative estimate of drug-likeness (QED) is 0.319. The van der Waals surface area contributed by atoms with Crippen LogP contribution in [-0.4, -0.2) is 21.1 Å². The number of carbonyl (C=O) groups is 1. The van der Waals surface area contributed by atoms with Crippen molar-refractivity contribution in [2.24, 2.45) is 0 Å². The van der Waals surface area contributed by atoms with Crippen LogP contribution in [0.15, 0.2) is 40.3 Å². The van der Waals surface area contributed by atoms with Crippen molar-refractivity contribution in [2.45, 2.75) is 25.0 Å². The van der Waals surface area contributed by atoms with E-state index in [4.69, 9.17) is 23.2 Å². The van der Waals surface area contributed by atoms with Gasteiger partial charge in [0.25, 0.3) is 5.56 Å². The van der Waals surface area contributed by atoms with Gasteiger partial charge in [0.2, 0.25) is 0 Å². The Bertz CT molecular complexity index is 998. The maximum Gasteiger partial charge on any atom is 0.262 e. The van der Waals surface area contributed by atoms with Crippen LogP contribution in [0.25, 0.3) is 10.9 Å². The Morgan fingerprint density at radius 2 is 2.08 bits per heavy atom. The molecule has 0 amide bonds. The SMILES string of the molecule is CCCn1c(SCC(=O)c2ccc(Cl)s2)nc2cc(Cl)ccc2c1=O. The Kier molecular flexibility index (Phi) is 5.84. The third-order valence-corrected chi connectivity index (χ3v) is 5.99. The third kappa shape index (κ3) is 4.08. The Labute approximate surface area is 162 Å². The summed E-state index contributed by atoms with van der Waals surface area (Å²) in [6.07, 6.45) is 0.794. The van der Waals surface area contributed by atoms with Gasteiger partial charge in [-0.1, -0.05) is 41.9 Å². The number of hydrogen-bond acceptors (Lipinski definition) is 5. The summed E-state index contributed by atoms with van der Waals surface area (Å²) in [5.74, 6) is 0.157. The van der Waals surface area contributed by atoms with E-state index in [-0.39, 0.29) is 17.1 Å². The van der Waals surface area contributed by atoms with E-state index in [1.54, 1.807) is 34.9 Å². The van der Waals surface area contributed by atoms with Crippen molar-refractivity contribution in [3.8, 4) is 0 Å². The van der Waals surface area contributed by atoms with Gasteiger partial charge in [0.05, 0.1) is 25.9 Å². The molecule has 0 fully saturated rings. The van der Waals surface area contributed by atoms with Crippen molar-refractivity contribution in [3.63, 3.8) is 0 Å². The molecule has 0 atom stereocenters. The lowest BCUT2D eigenvalue weighted by atomic mass is 10.2. The maximum atomic E-state index is 12.7. The Balaban J connectivity index is 1.94. The standard InChI is InChI=1S/C17H14Cl2N2O2S2/c1-2-7-21-16(23)11-4-3-10(18)8-12(11)20-17(21)24-9-13(22)14-5-6-15(19)25-14/h3-6,8H,2,7,9H2,1H3. The summed E-state index contributed by atoms with van der Waals surface area (Å²) < 4.78 is 2.20. The number of hydrogen-bond donors (Lipinski definition) is 0. The summed E-state index contributed by atoms with van der Waals surface area (Å²) in [6, 6.07) is 8.45. The molecule has 1 aromatic carbocycles. The second kappa shape index (κ2) is 7.91. The second-order valence-electron chi connectivity index (χ2n) is 5.33. The number of benzene rings is 1. The average molecular weight is 413 g/mol. The van der Waals surface area contributed by atoms with E-state index in [2.05, 4.69) is 4.98 Å². The summed E-state index contributed by atoms with van der Waals surface area (Å²) in [5, 5.41) is 1.57. The fourth-order valence-electron chi connectivity index (χ4n) is 2.37. The predicted molar refractivity (Wildman–Crippen MR) is 106 cm³/mol. The molecule has 0 aliphatic rings. The first-order chi connectivity index (χ1) is 12.0. The molecule has 2 heterocycles. The number of aromatic nitrogens is 2. The topological polar surface area (TPSA) is 52.0 Å². The van der Waals surface area contributed by atoms with Gasteiger partial charge in [0.15, 0.2) is 10.9 Å². The van der Waals surface area contributed by atoms with Crippen LogP contribution in [0.4, 0.5) is 0 Å². The van der Waals surface area contributed by atoms with Crippen LogP contribution in [0.2, 0.25) is 9.36 Å². The van der Waals surface area contributed by atoms with Crippen LogP contribution in [0.1, 0.15) is 23.0 Å². The zero-order valence-corrected chi connectivity index (χ0v) is 16.4. The zero-order valence-electron chi connectivity index (χ0n) is 13.3. The van der Waals surface area contributed by atoms with Crippen molar-refractivity contribution in [1.82, 2.24) is 9.55 Å². The van der Waals surface area contributed by atoms with Gasteiger partial charge in [-0.25, -0.2) is 4.98 Å². The lowest BCUT2D eigenvalue weighted by Gasteiger charge is -2.12. The van der Waals surface area contributed by atoms with Crippen LogP contribution in [0.5, 0.6) is 0 Å². The fraction of sp³-hybridized carbons (Fsp3) is 0.235. The van der Waals surface area contributed by atoms with Crippen LogP contribution in [0.3, 0.4) is 0 Å². The lowest BCUT2D eigenvalue weighted by molar-refractivity contribution is 0.102. The molecule has 130 valence electrons. The summed E-state index contributed by atoms with van der Waals surface area (Å²) >= 11 is 14.4. The highest BCUT2D eigenvalue weighted by Crippen LogP contribution is 2.25. The van der Waals surface area contributed by atoms with Gasteiger partial charge in [-0.05, 0) is 36.8 Å². The van der Waals surface area contributed by atoms with Gasteiger partial charge >= 0.3 is 0 Å². The van der Waals surface area contributed by atoms with Crippen LogP contribution >= 0.6 is 46.3 Å². The molecule has 0 unspecified atom stereocenters. The van der Waals surface area contributed by atoms with E-state index in [9.17, 15) is 9.59 Å². The number of rotatable bonds is 6. The molecule has 0 spiro atoms. The van der Waals surface area contributed by atoms with E-state index in [1.807, 2.05) is 6.92 Å². The maximum absolute atomic E-state index is 12.7. The Morgan fingerprint density at radius 1 is 1.28 bits per heavy atom. The first-order valence-corrected chi connectivity index (χ1v) is 10.2. The minimum atomic E-state index is -0.113. The second-order valence-corrected chi connectivity index (χ2v) is 8.42. The molecule has 0 bridgehead atoms. The third-order valence-electron chi connectivity index (χ3n) is 3.51. The molecule has 25 heavy (non-hydrogen) atoms. The van der Waals surface area contributed by atoms with Gasteiger partial charge in [-0.15, -0.1) is 11.3 Å². The number of thiophene rings is 1. The van der Waals surface area contributed by atoms with Gasteiger partial charge < -0.3 is 0 Å². The molecule has 2 aromatic heterocycles. The highest BCUT2D eigenvalue weighted by Gasteiger charge is 2.15. The number of fused-ring (bicyclic) bond motifs is 1. The smallest absolute Gasteiger partial charge is 0.262 e. The van der Waals surface area contributed by atoms with Crippen LogP contribution in [-0.2, 0) is 6.54 Å². The molecule has 0 aliphatic heterocycles. The van der Waals surface area contributed by atoms with Gasteiger partial charge in [-0.2, -0.15) is 0 Å². The molecular weight excluding hydrogens is 399 g/mol. The molecule has 8 heteroatoms. The molecule has 0 saturated carbocycles. The highest BCUT2D eigenvalue weighted by molar-refractivity contribution is 7.99. The normalized spacial score (nSPS) is 11.2. The summed E-state index contributed by atoms with van der Waals surface area (Å²) in [5.41, 5.74) is 0.427. The Hall–Kier alpha value is -1.34. The van der Waals surface area contributed by atoms with Gasteiger partial charge in [0.1, 0.15) is 0 Å². The summed E-state index contributed by atoms with van der Waals surface area (Å²) in [7, 11) is 0. The molecular formula is C17H14Cl2N2O2S2. The predicted octanol–water partition coefficient (Wildman–Crippen LogP) is 5.15. The molecule has 0 N–H and O–H groups in total. The molecule has 0 saturated heterocycles. The molecule has 0 radical (unpaired) electrons. The number of nitrogens with zero attached hydrogens (tertiary/aromatic N) is 2. The Morgan fingerprint density at radius 3 is 2.76 bits per heavy atom. The minimum Gasteiger partial charge on any atom is -0.292 e. The number of ketones is 1. The van der Waals surface area contributed by atoms with E-state index in [1.165, 1.54) is 23.1 Å². The van der Waals surface area contributed by atoms with Crippen molar-refractivity contribution in [1.29, 1.82) is 0 Å². The van der Waals surface area contributed by atoms with Crippen molar-refractivity contribution in [2.75, 3.05) is 5.75 Å². The van der Waals surface area contributed by atoms with Crippen molar-refractivity contribution in [3.05, 3.63) is 54.9 Å². The molecule has 3 aromatic rings. The monoisotopic (exact) mass is 412 g/mol. The van der Waals surface area contributed by atoms with Gasteiger partial charge in [0, 0.05) is 11.6 Å². The first-order valence-electron chi connectivity index (χ1n) is 7.61. The molecule has 3 rings (SSSR count). The zero-order chi connectivity index (χ0) is 18.0. The highest BCUT2D eigenvalue weighted by atomic mass is 35.5. The van der Waals surface area contributed by atoms with Crippen LogP contribution < -0.4 is 5.56 Å². The molecule has 0 aliphatic carbocycles. The number of halogens is 2. The van der Waals surface area contributed by atoms with E-state index < -0.39 is 0 Å². The van der Waals surface area contributed by atoms with Crippen LogP contribution in [0, 0.1) is 0 Å². The molecule has 4 nitrogen and oxygen atoms in total. The fourth-order valence-corrected chi connectivity index (χ4v) is 4.52. The number of carbonyl (C=O) groups excluding carboxylic acids is 1. The summed E-state index contributed by atoms with van der Waals surface area (Å²) in [6.45, 7) is 2.54. The van der Waals surface area contributed by atoms with E-state index in [0.29, 0.717) is 36.8 Å².